The molecule has 8 heteroatoms. The van der Waals surface area contributed by atoms with Crippen molar-refractivity contribution in [2.75, 3.05) is 20.2 Å². The molecule has 4 rings (SSSR count). The highest BCUT2D eigenvalue weighted by atomic mass is 32.2. The van der Waals surface area contributed by atoms with Crippen molar-refractivity contribution < 1.29 is 13.2 Å². The average molecular weight is 441 g/mol. The van der Waals surface area contributed by atoms with E-state index in [2.05, 4.69) is 11.2 Å². The van der Waals surface area contributed by atoms with Crippen LogP contribution in [0.25, 0.3) is 0 Å². The van der Waals surface area contributed by atoms with E-state index in [-0.39, 0.29) is 5.92 Å². The Bertz CT molecular complexity index is 1170. The molecule has 0 bridgehead atoms. The number of nitrogens with zero attached hydrogens (tertiary/aromatic N) is 4. The van der Waals surface area contributed by atoms with Crippen LogP contribution in [-0.4, -0.2) is 47.7 Å². The minimum atomic E-state index is -3.52. The van der Waals surface area contributed by atoms with Crippen LogP contribution in [-0.2, 0) is 23.5 Å². The van der Waals surface area contributed by atoms with Crippen molar-refractivity contribution in [3.63, 3.8) is 0 Å². The summed E-state index contributed by atoms with van der Waals surface area (Å²) in [7, 11) is -0.102. The van der Waals surface area contributed by atoms with Gasteiger partial charge in [-0.1, -0.05) is 24.3 Å². The Kier molecular flexibility index (Phi) is 6.11. The molecule has 0 N–H and O–H groups in total. The lowest BCUT2D eigenvalue weighted by Crippen LogP contribution is -2.38. The number of sulfonamides is 1. The van der Waals surface area contributed by atoms with E-state index in [0.717, 1.165) is 35.5 Å². The fourth-order valence-electron chi connectivity index (χ4n) is 4.23. The zero-order chi connectivity index (χ0) is 22.0. The molecule has 3 heterocycles. The molecule has 0 saturated carbocycles. The van der Waals surface area contributed by atoms with E-state index in [1.807, 2.05) is 36.4 Å². The van der Waals surface area contributed by atoms with Gasteiger partial charge in [-0.2, -0.15) is 9.40 Å². The first-order valence-corrected chi connectivity index (χ1v) is 11.9. The van der Waals surface area contributed by atoms with Gasteiger partial charge in [-0.05, 0) is 38.0 Å². The van der Waals surface area contributed by atoms with Crippen LogP contribution >= 0.6 is 0 Å². The van der Waals surface area contributed by atoms with Crippen LogP contribution in [0.2, 0.25) is 0 Å². The van der Waals surface area contributed by atoms with E-state index >= 15 is 0 Å². The van der Waals surface area contributed by atoms with E-state index in [1.54, 1.807) is 36.3 Å². The number of aryl methyl sites for hydroxylation is 2. The number of aromatic nitrogens is 3. The van der Waals surface area contributed by atoms with Gasteiger partial charge >= 0.3 is 0 Å². The van der Waals surface area contributed by atoms with E-state index in [0.29, 0.717) is 30.1 Å². The normalized spacial score (nSPS) is 15.8. The average Bonchev–Trinajstić information content (AvgIpc) is 3.13. The minimum absolute atomic E-state index is 0.249. The van der Waals surface area contributed by atoms with Crippen LogP contribution in [0.3, 0.4) is 0 Å². The first-order chi connectivity index (χ1) is 14.9. The van der Waals surface area contributed by atoms with E-state index in [4.69, 9.17) is 9.72 Å². The Morgan fingerprint density at radius 3 is 2.52 bits per heavy atom. The number of piperidine rings is 1. The molecule has 2 aromatic heterocycles. The first-order valence-electron chi connectivity index (χ1n) is 10.5. The van der Waals surface area contributed by atoms with Crippen LogP contribution < -0.4 is 4.74 Å². The predicted octanol–water partition coefficient (Wildman–Crippen LogP) is 3.29. The maximum Gasteiger partial charge on any atom is 0.246 e. The minimum Gasteiger partial charge on any atom is -0.496 e. The van der Waals surface area contributed by atoms with E-state index in [9.17, 15) is 8.42 Å². The molecule has 7 nitrogen and oxygen atoms in total. The van der Waals surface area contributed by atoms with Crippen LogP contribution in [0.1, 0.15) is 41.4 Å². The van der Waals surface area contributed by atoms with Crippen molar-refractivity contribution in [1.82, 2.24) is 19.1 Å². The topological polar surface area (TPSA) is 77.3 Å². The quantitative estimate of drug-likeness (QED) is 0.588. The van der Waals surface area contributed by atoms with Crippen LogP contribution in [0.4, 0.5) is 0 Å². The molecule has 164 valence electrons. The number of ether oxygens (including phenoxy) is 1. The molecule has 31 heavy (non-hydrogen) atoms. The monoisotopic (exact) mass is 440 g/mol. The lowest BCUT2D eigenvalue weighted by molar-refractivity contribution is 0.316. The molecular formula is C23H28N4O3S. The summed E-state index contributed by atoms with van der Waals surface area (Å²) in [4.78, 5) is 5.19. The predicted molar refractivity (Wildman–Crippen MR) is 119 cm³/mol. The molecule has 1 aliphatic heterocycles. The number of hydrogen-bond acceptors (Lipinski definition) is 5. The summed E-state index contributed by atoms with van der Waals surface area (Å²) in [5, 5.41) is 4.18. The summed E-state index contributed by atoms with van der Waals surface area (Å²) in [6, 6.07) is 14.1. The second-order valence-electron chi connectivity index (χ2n) is 7.97. The Balaban J connectivity index is 1.46. The number of hydrogen-bond donors (Lipinski definition) is 0. The Hall–Kier alpha value is -2.71. The van der Waals surface area contributed by atoms with Gasteiger partial charge in [-0.3, -0.25) is 9.67 Å². The highest BCUT2D eigenvalue weighted by Gasteiger charge is 2.32. The van der Waals surface area contributed by atoms with Gasteiger partial charge in [0.25, 0.3) is 0 Å². The summed E-state index contributed by atoms with van der Waals surface area (Å²) in [6.45, 7) is 2.70. The lowest BCUT2D eigenvalue weighted by atomic mass is 9.93. The standard InChI is InChI=1S/C23H28N4O3S/c1-17-23(16-26(2)25-17)31(28,29)27-13-11-18(12-14-27)21-9-6-8-20(24-21)15-19-7-4-5-10-22(19)30-3/h4-10,16,18H,11-15H2,1-3H3. The third-order valence-corrected chi connectivity index (χ3v) is 7.85. The highest BCUT2D eigenvalue weighted by molar-refractivity contribution is 7.89. The van der Waals surface area contributed by atoms with Gasteiger partial charge in [0.05, 0.1) is 12.8 Å². The van der Waals surface area contributed by atoms with Gasteiger partial charge < -0.3 is 4.74 Å². The van der Waals surface area contributed by atoms with Gasteiger partial charge in [-0.15, -0.1) is 0 Å². The largest absolute Gasteiger partial charge is 0.496 e. The maximum atomic E-state index is 13.0. The molecule has 0 unspecified atom stereocenters. The number of pyridine rings is 1. The molecule has 1 aromatic carbocycles. The van der Waals surface area contributed by atoms with Gasteiger partial charge in [0, 0.05) is 55.6 Å². The zero-order valence-electron chi connectivity index (χ0n) is 18.2. The third-order valence-electron chi connectivity index (χ3n) is 5.85. The zero-order valence-corrected chi connectivity index (χ0v) is 19.0. The summed E-state index contributed by atoms with van der Waals surface area (Å²) in [5.74, 6) is 1.11. The summed E-state index contributed by atoms with van der Waals surface area (Å²) < 4.78 is 34.6. The van der Waals surface area contributed by atoms with Gasteiger partial charge in [0.1, 0.15) is 10.6 Å². The molecule has 0 amide bonds. The molecule has 0 spiro atoms. The molecule has 1 aliphatic rings. The van der Waals surface area contributed by atoms with Crippen molar-refractivity contribution in [2.24, 2.45) is 7.05 Å². The van der Waals surface area contributed by atoms with Gasteiger partial charge in [0.2, 0.25) is 10.0 Å². The van der Waals surface area contributed by atoms with Crippen molar-refractivity contribution in [2.45, 2.75) is 37.0 Å². The van der Waals surface area contributed by atoms with E-state index < -0.39 is 10.0 Å². The molecule has 3 aromatic rings. The second-order valence-corrected chi connectivity index (χ2v) is 9.88. The number of methoxy groups -OCH3 is 1. The summed E-state index contributed by atoms with van der Waals surface area (Å²) in [6.07, 6.45) is 3.79. The second kappa shape index (κ2) is 8.80. The molecule has 0 radical (unpaired) electrons. The van der Waals surface area contributed by atoms with Crippen molar-refractivity contribution >= 4 is 10.0 Å². The molecular weight excluding hydrogens is 412 g/mol. The Morgan fingerprint density at radius 1 is 1.10 bits per heavy atom. The van der Waals surface area contributed by atoms with E-state index in [1.165, 1.54) is 0 Å². The number of para-hydroxylation sites is 1. The van der Waals surface area contributed by atoms with Crippen LogP contribution in [0.5, 0.6) is 5.75 Å². The summed E-state index contributed by atoms with van der Waals surface area (Å²) in [5.41, 5.74) is 3.66. The van der Waals surface area contributed by atoms with Crippen LogP contribution in [0, 0.1) is 6.92 Å². The summed E-state index contributed by atoms with van der Waals surface area (Å²) >= 11 is 0. The number of benzene rings is 1. The molecule has 0 atom stereocenters. The Morgan fingerprint density at radius 2 is 1.84 bits per heavy atom. The molecule has 1 fully saturated rings. The smallest absolute Gasteiger partial charge is 0.246 e. The Labute approximate surface area is 183 Å². The third kappa shape index (κ3) is 4.50. The first kappa shape index (κ1) is 21.5. The SMILES string of the molecule is COc1ccccc1Cc1cccc(C2CCN(S(=O)(=O)c3cn(C)nc3C)CC2)n1. The fourth-order valence-corrected chi connectivity index (χ4v) is 5.90. The van der Waals surface area contributed by atoms with Gasteiger partial charge in [-0.25, -0.2) is 8.42 Å². The van der Waals surface area contributed by atoms with Crippen molar-refractivity contribution in [1.29, 1.82) is 0 Å². The van der Waals surface area contributed by atoms with Crippen molar-refractivity contribution in [3.8, 4) is 5.75 Å². The van der Waals surface area contributed by atoms with Crippen LogP contribution in [0.15, 0.2) is 53.6 Å². The fraction of sp³-hybridized carbons (Fsp3) is 0.391. The van der Waals surface area contributed by atoms with Crippen molar-refractivity contribution in [3.05, 3.63) is 71.3 Å². The molecule has 0 aliphatic carbocycles. The lowest BCUT2D eigenvalue weighted by Gasteiger charge is -2.31. The maximum absolute atomic E-state index is 13.0. The molecule has 1 saturated heterocycles. The van der Waals surface area contributed by atoms with Gasteiger partial charge in [0.15, 0.2) is 0 Å². The highest BCUT2D eigenvalue weighted by Crippen LogP contribution is 2.31. The number of rotatable bonds is 6.